The highest BCUT2D eigenvalue weighted by atomic mass is 35.5. The summed E-state index contributed by atoms with van der Waals surface area (Å²) in [7, 11) is 2.03. The predicted molar refractivity (Wildman–Crippen MR) is 146 cm³/mol. The molecule has 2 unspecified atom stereocenters. The minimum atomic E-state index is -0.736. The van der Waals surface area contributed by atoms with Crippen molar-refractivity contribution >= 4 is 39.4 Å². The van der Waals surface area contributed by atoms with E-state index in [1.807, 2.05) is 55.6 Å². The molecule has 0 fully saturated rings. The van der Waals surface area contributed by atoms with Crippen molar-refractivity contribution in [3.63, 3.8) is 0 Å². The zero-order valence-electron chi connectivity index (χ0n) is 20.5. The number of carbonyl (C=O) groups is 1. The Balaban J connectivity index is 1.37. The summed E-state index contributed by atoms with van der Waals surface area (Å²) in [4.78, 5) is 16.7. The van der Waals surface area contributed by atoms with E-state index in [1.165, 1.54) is 5.56 Å². The topological polar surface area (TPSA) is 64.4 Å². The lowest BCUT2D eigenvalue weighted by molar-refractivity contribution is -0.141. The minimum absolute atomic E-state index is 0.105. The Kier molecular flexibility index (Phi) is 6.09. The van der Waals surface area contributed by atoms with E-state index in [1.54, 1.807) is 0 Å². The predicted octanol–water partition coefficient (Wildman–Crippen LogP) is 7.13. The first-order valence-corrected chi connectivity index (χ1v) is 12.9. The van der Waals surface area contributed by atoms with E-state index in [0.717, 1.165) is 50.9 Å². The maximum Gasteiger partial charge on any atom is 0.306 e. The number of aromatic nitrogens is 2. The molecule has 0 bridgehead atoms. The third-order valence-corrected chi connectivity index (χ3v) is 7.84. The molecule has 0 spiro atoms. The first-order chi connectivity index (χ1) is 18.0. The van der Waals surface area contributed by atoms with Crippen molar-refractivity contribution in [2.75, 3.05) is 0 Å². The zero-order valence-corrected chi connectivity index (χ0v) is 21.3. The van der Waals surface area contributed by atoms with Gasteiger partial charge in [0.2, 0.25) is 0 Å². The van der Waals surface area contributed by atoms with E-state index in [0.29, 0.717) is 24.5 Å². The van der Waals surface area contributed by atoms with Crippen LogP contribution in [0.25, 0.3) is 21.8 Å². The highest BCUT2D eigenvalue weighted by molar-refractivity contribution is 6.30. The summed E-state index contributed by atoms with van der Waals surface area (Å²) in [6.07, 6.45) is 1.92. The number of carboxylic acids is 1. The van der Waals surface area contributed by atoms with Crippen LogP contribution in [0.15, 0.2) is 78.9 Å². The number of para-hydroxylation sites is 1. The fraction of sp³-hybridized carbons (Fsp3) is 0.226. The Hall–Kier alpha value is -3.83. The van der Waals surface area contributed by atoms with Gasteiger partial charge in [0.1, 0.15) is 12.4 Å². The molecular weight excluding hydrogens is 484 g/mol. The molecule has 0 saturated heterocycles. The van der Waals surface area contributed by atoms with Gasteiger partial charge < -0.3 is 14.4 Å². The Bertz CT molecular complexity index is 1620. The Morgan fingerprint density at radius 3 is 2.68 bits per heavy atom. The number of pyridine rings is 1. The van der Waals surface area contributed by atoms with Gasteiger partial charge >= 0.3 is 5.97 Å². The van der Waals surface area contributed by atoms with Crippen molar-refractivity contribution in [2.45, 2.75) is 31.8 Å². The lowest BCUT2D eigenvalue weighted by Crippen LogP contribution is -2.16. The summed E-state index contributed by atoms with van der Waals surface area (Å²) in [5.41, 5.74) is 6.31. The van der Waals surface area contributed by atoms with Gasteiger partial charge in [-0.15, -0.1) is 0 Å². The molecule has 5 nitrogen and oxygen atoms in total. The zero-order chi connectivity index (χ0) is 25.5. The minimum Gasteiger partial charge on any atom is -0.487 e. The largest absolute Gasteiger partial charge is 0.487 e. The highest BCUT2D eigenvalue weighted by Gasteiger charge is 2.32. The summed E-state index contributed by atoms with van der Waals surface area (Å²) >= 11 is 6.17. The molecule has 37 heavy (non-hydrogen) atoms. The Morgan fingerprint density at radius 2 is 1.86 bits per heavy atom. The number of fused-ring (bicyclic) bond motifs is 4. The molecule has 1 N–H and O–H groups in total. The molecule has 1 aliphatic carbocycles. The van der Waals surface area contributed by atoms with Crippen LogP contribution in [0.2, 0.25) is 5.02 Å². The number of ether oxygens (including phenoxy) is 1. The van der Waals surface area contributed by atoms with Crippen molar-refractivity contribution in [2.24, 2.45) is 13.0 Å². The van der Waals surface area contributed by atoms with Gasteiger partial charge in [-0.2, -0.15) is 0 Å². The van der Waals surface area contributed by atoms with Gasteiger partial charge in [0.25, 0.3) is 0 Å². The number of aryl methyl sites for hydroxylation is 1. The average molecular weight is 511 g/mol. The standard InChI is InChI=1S/C31H27ClN2O3/c1-34-28-17-24(37-18-23-12-8-20-4-2-3-5-27(20)33-23)13-15-26(28)30-25(19-6-10-22(32)11-7-19)14-9-21(31(35)36)16-29(30)34/h2-8,10-13,15,17,21,25H,9,14,16,18H2,1H3,(H,35,36). The quantitative estimate of drug-likeness (QED) is 0.255. The molecule has 2 heterocycles. The number of hydrogen-bond donors (Lipinski definition) is 1. The smallest absolute Gasteiger partial charge is 0.306 e. The van der Waals surface area contributed by atoms with Crippen LogP contribution in [0, 0.1) is 5.92 Å². The lowest BCUT2D eigenvalue weighted by atomic mass is 9.87. The molecule has 3 aromatic carbocycles. The molecule has 0 radical (unpaired) electrons. The van der Waals surface area contributed by atoms with E-state index in [-0.39, 0.29) is 5.92 Å². The molecular formula is C31H27ClN2O3. The molecule has 1 aliphatic rings. The fourth-order valence-corrected chi connectivity index (χ4v) is 5.78. The summed E-state index contributed by atoms with van der Waals surface area (Å²) in [5, 5.41) is 12.8. The molecule has 186 valence electrons. The average Bonchev–Trinajstić information content (AvgIpc) is 3.05. The molecule has 0 amide bonds. The highest BCUT2D eigenvalue weighted by Crippen LogP contribution is 2.43. The van der Waals surface area contributed by atoms with Gasteiger partial charge in [0.05, 0.1) is 22.6 Å². The van der Waals surface area contributed by atoms with E-state index in [2.05, 4.69) is 34.9 Å². The van der Waals surface area contributed by atoms with Crippen molar-refractivity contribution in [1.29, 1.82) is 0 Å². The first kappa shape index (κ1) is 23.6. The Morgan fingerprint density at radius 1 is 1.05 bits per heavy atom. The van der Waals surface area contributed by atoms with Crippen molar-refractivity contribution in [3.8, 4) is 5.75 Å². The summed E-state index contributed by atoms with van der Waals surface area (Å²) < 4.78 is 8.31. The SMILES string of the molecule is Cn1c2c(c3ccc(OCc4ccc5ccccc5n4)cc31)C(c1ccc(Cl)cc1)CCC(C(=O)O)C2. The van der Waals surface area contributed by atoms with Gasteiger partial charge in [-0.3, -0.25) is 4.79 Å². The fourth-order valence-electron chi connectivity index (χ4n) is 5.66. The number of carboxylic acid groups (broad SMARTS) is 1. The first-order valence-electron chi connectivity index (χ1n) is 12.5. The molecule has 0 aliphatic heterocycles. The molecule has 2 aromatic heterocycles. The third kappa shape index (κ3) is 4.44. The maximum atomic E-state index is 12.0. The molecule has 0 saturated carbocycles. The van der Waals surface area contributed by atoms with E-state index in [4.69, 9.17) is 21.3 Å². The summed E-state index contributed by atoms with van der Waals surface area (Å²) in [5.74, 6) is -0.279. The van der Waals surface area contributed by atoms with Crippen LogP contribution >= 0.6 is 11.6 Å². The second-order valence-electron chi connectivity index (χ2n) is 9.80. The van der Waals surface area contributed by atoms with Crippen molar-refractivity contribution in [3.05, 3.63) is 106 Å². The third-order valence-electron chi connectivity index (χ3n) is 7.59. The number of aliphatic carboxylic acids is 1. The van der Waals surface area contributed by atoms with E-state index >= 15 is 0 Å². The molecule has 2 atom stereocenters. The van der Waals surface area contributed by atoms with E-state index < -0.39 is 11.9 Å². The summed E-state index contributed by atoms with van der Waals surface area (Å²) in [6.45, 7) is 0.370. The second kappa shape index (κ2) is 9.56. The molecule has 6 heteroatoms. The van der Waals surface area contributed by atoms with Gasteiger partial charge in [-0.05, 0) is 60.4 Å². The van der Waals surface area contributed by atoms with Crippen LogP contribution in [-0.2, 0) is 24.9 Å². The van der Waals surface area contributed by atoms with E-state index in [9.17, 15) is 9.90 Å². The van der Waals surface area contributed by atoms with Crippen LogP contribution in [0.5, 0.6) is 5.75 Å². The number of halogens is 1. The number of benzene rings is 3. The second-order valence-corrected chi connectivity index (χ2v) is 10.2. The number of rotatable bonds is 5. The molecule has 5 aromatic rings. The Labute approximate surface area is 220 Å². The van der Waals surface area contributed by atoms with Gasteiger partial charge in [0.15, 0.2) is 0 Å². The molecule has 6 rings (SSSR count). The summed E-state index contributed by atoms with van der Waals surface area (Å²) in [6, 6.07) is 26.2. The number of nitrogens with zero attached hydrogens (tertiary/aromatic N) is 2. The van der Waals surface area contributed by atoms with Gasteiger partial charge in [-0.1, -0.05) is 48.0 Å². The van der Waals surface area contributed by atoms with Crippen molar-refractivity contribution in [1.82, 2.24) is 9.55 Å². The van der Waals surface area contributed by atoms with Crippen LogP contribution in [0.3, 0.4) is 0 Å². The lowest BCUT2D eigenvalue weighted by Gasteiger charge is -2.17. The van der Waals surface area contributed by atoms with Gasteiger partial charge in [-0.25, -0.2) is 4.98 Å². The monoisotopic (exact) mass is 510 g/mol. The maximum absolute atomic E-state index is 12.0. The van der Waals surface area contributed by atoms with Crippen LogP contribution in [0.4, 0.5) is 0 Å². The normalized spacial score (nSPS) is 17.5. The van der Waals surface area contributed by atoms with Crippen LogP contribution < -0.4 is 4.74 Å². The van der Waals surface area contributed by atoms with Gasteiger partial charge in [0, 0.05) is 46.9 Å². The van der Waals surface area contributed by atoms with Crippen LogP contribution in [0.1, 0.15) is 41.3 Å². The number of hydrogen-bond acceptors (Lipinski definition) is 3. The van der Waals surface area contributed by atoms with Crippen molar-refractivity contribution < 1.29 is 14.6 Å². The van der Waals surface area contributed by atoms with Crippen LogP contribution in [-0.4, -0.2) is 20.6 Å².